The first kappa shape index (κ1) is 13.5. The fourth-order valence-corrected chi connectivity index (χ4v) is 2.69. The molecule has 5 nitrogen and oxygen atoms in total. The number of fused-ring (bicyclic) bond motifs is 2. The molecule has 1 heterocycles. The zero-order valence-electron chi connectivity index (χ0n) is 12.1. The average molecular weight is 302 g/mol. The average Bonchev–Trinajstić information content (AvgIpc) is 2.95. The van der Waals surface area contributed by atoms with Crippen molar-refractivity contribution in [1.82, 2.24) is 15.0 Å². The molecule has 5 heteroatoms. The van der Waals surface area contributed by atoms with Crippen LogP contribution >= 0.6 is 0 Å². The third kappa shape index (κ3) is 2.42. The molecule has 4 aromatic rings. The van der Waals surface area contributed by atoms with Crippen LogP contribution in [0.1, 0.15) is 15.9 Å². The Hall–Kier alpha value is -3.21. The summed E-state index contributed by atoms with van der Waals surface area (Å²) in [7, 11) is 0. The summed E-state index contributed by atoms with van der Waals surface area (Å²) in [5.74, 6) is -1.17. The van der Waals surface area contributed by atoms with E-state index < -0.39 is 5.97 Å². The van der Waals surface area contributed by atoms with Crippen molar-refractivity contribution in [3.63, 3.8) is 0 Å². The summed E-state index contributed by atoms with van der Waals surface area (Å²) in [6.45, 7) is 0.530. The quantitative estimate of drug-likeness (QED) is 0.580. The zero-order chi connectivity index (χ0) is 15.8. The highest BCUT2D eigenvalue weighted by atomic mass is 16.4. The number of aromatic nitrogens is 3. The van der Waals surface area contributed by atoms with E-state index in [0.29, 0.717) is 6.54 Å². The van der Waals surface area contributed by atoms with E-state index in [2.05, 4.69) is 22.4 Å². The van der Waals surface area contributed by atoms with Crippen LogP contribution in [-0.4, -0.2) is 21.0 Å². The second kappa shape index (κ2) is 5.21. The molecule has 23 heavy (non-hydrogen) atoms. The predicted molar refractivity (Wildman–Crippen MR) is 84.9 cm³/mol. The first-order chi connectivity index (χ1) is 11.2. The van der Waals surface area contributed by atoms with E-state index in [1.54, 1.807) is 24.3 Å². The molecule has 0 radical (unpaired) electrons. The fraction of sp³-hybridized carbons (Fsp3) is 0.0556. The molecule has 4 rings (SSSR count). The fourth-order valence-electron chi connectivity index (χ4n) is 2.69. The lowest BCUT2D eigenvalue weighted by Crippen LogP contribution is -2.22. The van der Waals surface area contributed by atoms with Crippen LogP contribution in [0.2, 0.25) is 0 Å². The first-order valence-electron chi connectivity index (χ1n) is 7.23. The highest BCUT2D eigenvalue weighted by Gasteiger charge is 2.07. The van der Waals surface area contributed by atoms with Gasteiger partial charge in [0.2, 0.25) is 0 Å². The van der Waals surface area contributed by atoms with Crippen molar-refractivity contribution >= 4 is 27.8 Å². The topological polar surface area (TPSA) is 70.8 Å². The van der Waals surface area contributed by atoms with Gasteiger partial charge >= 0.3 is 0 Å². The van der Waals surface area contributed by atoms with E-state index in [4.69, 9.17) is 0 Å². The molecule has 0 aliphatic heterocycles. The minimum Gasteiger partial charge on any atom is -0.545 e. The van der Waals surface area contributed by atoms with Crippen LogP contribution in [0, 0.1) is 0 Å². The van der Waals surface area contributed by atoms with Crippen LogP contribution in [0.3, 0.4) is 0 Å². The smallest absolute Gasteiger partial charge is 0.113 e. The van der Waals surface area contributed by atoms with Crippen LogP contribution in [0.15, 0.2) is 60.7 Å². The number of benzene rings is 3. The van der Waals surface area contributed by atoms with Crippen molar-refractivity contribution < 1.29 is 9.90 Å². The lowest BCUT2D eigenvalue weighted by Gasteiger charge is -2.06. The van der Waals surface area contributed by atoms with Crippen molar-refractivity contribution in [2.75, 3.05) is 0 Å². The SMILES string of the molecule is O=C([O-])c1ccc(Cn2nnc3cc4ccccc4cc32)cc1. The Morgan fingerprint density at radius 3 is 2.39 bits per heavy atom. The maximum absolute atomic E-state index is 10.8. The summed E-state index contributed by atoms with van der Waals surface area (Å²) < 4.78 is 1.82. The second-order valence-corrected chi connectivity index (χ2v) is 5.42. The van der Waals surface area contributed by atoms with Crippen LogP contribution in [0.4, 0.5) is 0 Å². The lowest BCUT2D eigenvalue weighted by molar-refractivity contribution is -0.255. The van der Waals surface area contributed by atoms with Crippen LogP contribution in [-0.2, 0) is 6.54 Å². The van der Waals surface area contributed by atoms with Crippen molar-refractivity contribution in [2.45, 2.75) is 6.54 Å². The lowest BCUT2D eigenvalue weighted by atomic mass is 10.1. The highest BCUT2D eigenvalue weighted by Crippen LogP contribution is 2.21. The molecular formula is C18H12N3O2-. The van der Waals surface area contributed by atoms with Gasteiger partial charge in [-0.3, -0.25) is 0 Å². The number of hydrogen-bond acceptors (Lipinski definition) is 4. The highest BCUT2D eigenvalue weighted by molar-refractivity contribution is 5.94. The number of hydrogen-bond donors (Lipinski definition) is 0. The number of rotatable bonds is 3. The predicted octanol–water partition coefficient (Wildman–Crippen LogP) is 2.00. The van der Waals surface area contributed by atoms with Gasteiger partial charge in [0.15, 0.2) is 0 Å². The molecule has 0 amide bonds. The molecule has 0 N–H and O–H groups in total. The summed E-state index contributed by atoms with van der Waals surface area (Å²) >= 11 is 0. The summed E-state index contributed by atoms with van der Waals surface area (Å²) in [6, 6.07) is 18.8. The number of carbonyl (C=O) groups excluding carboxylic acids is 1. The van der Waals surface area contributed by atoms with Crippen LogP contribution in [0.5, 0.6) is 0 Å². The van der Waals surface area contributed by atoms with E-state index >= 15 is 0 Å². The number of carboxylic acids is 1. The molecule has 0 atom stereocenters. The standard InChI is InChI=1S/C18H13N3O2/c22-18(23)13-7-5-12(6-8-13)11-21-17-10-15-4-2-1-3-14(15)9-16(17)19-20-21/h1-10H,11H2,(H,22,23)/p-1. The van der Waals surface area contributed by atoms with Gasteiger partial charge in [-0.1, -0.05) is 53.7 Å². The van der Waals surface area contributed by atoms with Gasteiger partial charge in [-0.15, -0.1) is 5.10 Å². The van der Waals surface area contributed by atoms with Crippen molar-refractivity contribution in [3.8, 4) is 0 Å². The molecule has 0 saturated carbocycles. The molecule has 0 bridgehead atoms. The Labute approximate surface area is 131 Å². The van der Waals surface area contributed by atoms with Crippen LogP contribution in [0.25, 0.3) is 21.8 Å². The van der Waals surface area contributed by atoms with Gasteiger partial charge in [-0.25, -0.2) is 4.68 Å². The van der Waals surface area contributed by atoms with Crippen molar-refractivity contribution in [3.05, 3.63) is 71.8 Å². The minimum atomic E-state index is -1.17. The Morgan fingerprint density at radius 1 is 1.00 bits per heavy atom. The third-order valence-electron chi connectivity index (χ3n) is 3.90. The molecule has 0 saturated heterocycles. The molecule has 0 aliphatic rings. The Kier molecular flexibility index (Phi) is 3.05. The molecular weight excluding hydrogens is 290 g/mol. The van der Waals surface area contributed by atoms with Gasteiger partial charge in [0.1, 0.15) is 5.52 Å². The monoisotopic (exact) mass is 302 g/mol. The molecule has 0 unspecified atom stereocenters. The first-order valence-corrected chi connectivity index (χ1v) is 7.23. The maximum atomic E-state index is 10.8. The number of carbonyl (C=O) groups is 1. The van der Waals surface area contributed by atoms with Gasteiger partial charge in [0.05, 0.1) is 18.0 Å². The molecule has 0 aliphatic carbocycles. The van der Waals surface area contributed by atoms with Crippen LogP contribution < -0.4 is 5.11 Å². The maximum Gasteiger partial charge on any atom is 0.113 e. The van der Waals surface area contributed by atoms with Gasteiger partial charge in [0.25, 0.3) is 0 Å². The summed E-state index contributed by atoms with van der Waals surface area (Å²) in [5, 5.41) is 21.5. The van der Waals surface area contributed by atoms with E-state index in [9.17, 15) is 9.90 Å². The number of carboxylic acid groups (broad SMARTS) is 1. The summed E-state index contributed by atoms with van der Waals surface area (Å²) in [5.41, 5.74) is 2.92. The molecule has 0 spiro atoms. The Balaban J connectivity index is 1.73. The van der Waals surface area contributed by atoms with Crippen molar-refractivity contribution in [2.24, 2.45) is 0 Å². The van der Waals surface area contributed by atoms with E-state index in [1.165, 1.54) is 0 Å². The van der Waals surface area contributed by atoms with Gasteiger partial charge in [-0.05, 0) is 34.0 Å². The van der Waals surface area contributed by atoms with E-state index in [0.717, 1.165) is 27.4 Å². The Morgan fingerprint density at radius 2 is 1.70 bits per heavy atom. The molecule has 0 fully saturated rings. The van der Waals surface area contributed by atoms with Crippen molar-refractivity contribution in [1.29, 1.82) is 0 Å². The van der Waals surface area contributed by atoms with Gasteiger partial charge in [-0.2, -0.15) is 0 Å². The molecule has 3 aromatic carbocycles. The van der Waals surface area contributed by atoms with E-state index in [-0.39, 0.29) is 5.56 Å². The number of nitrogens with zero attached hydrogens (tertiary/aromatic N) is 3. The largest absolute Gasteiger partial charge is 0.545 e. The minimum absolute atomic E-state index is 0.170. The molecule has 1 aromatic heterocycles. The zero-order valence-corrected chi connectivity index (χ0v) is 12.1. The normalized spacial score (nSPS) is 11.1. The Bertz CT molecular complexity index is 1020. The summed E-state index contributed by atoms with van der Waals surface area (Å²) in [6.07, 6.45) is 0. The third-order valence-corrected chi connectivity index (χ3v) is 3.90. The second-order valence-electron chi connectivity index (χ2n) is 5.42. The number of aromatic carboxylic acids is 1. The van der Waals surface area contributed by atoms with Gasteiger partial charge < -0.3 is 9.90 Å². The molecule has 112 valence electrons. The van der Waals surface area contributed by atoms with E-state index in [1.807, 2.05) is 28.9 Å². The van der Waals surface area contributed by atoms with Gasteiger partial charge in [0, 0.05) is 0 Å². The summed E-state index contributed by atoms with van der Waals surface area (Å²) in [4.78, 5) is 10.8.